The second-order valence-electron chi connectivity index (χ2n) is 17.8. The first kappa shape index (κ1) is 53.5. The van der Waals surface area contributed by atoms with Crippen molar-refractivity contribution in [2.45, 2.75) is 191 Å². The van der Waals surface area contributed by atoms with Gasteiger partial charge in [-0.3, -0.25) is 9.05 Å². The zero-order valence-corrected chi connectivity index (χ0v) is 38.0. The molecule has 0 aromatic heterocycles. The van der Waals surface area contributed by atoms with E-state index in [1.807, 2.05) is 13.8 Å². The van der Waals surface area contributed by atoms with Gasteiger partial charge < -0.3 is 20.1 Å². The summed E-state index contributed by atoms with van der Waals surface area (Å²) in [7, 11) is -4.43. The minimum atomic E-state index is -4.43. The van der Waals surface area contributed by atoms with Crippen LogP contribution in [0, 0.1) is 35.5 Å². The molecule has 324 valence electrons. The number of carbonyl (C=O) groups excluding carboxylic acids is 2. The fourth-order valence-corrected chi connectivity index (χ4v) is 7.64. The van der Waals surface area contributed by atoms with Crippen LogP contribution in [-0.2, 0) is 32.7 Å². The van der Waals surface area contributed by atoms with Gasteiger partial charge in [0.2, 0.25) is 0 Å². The molecule has 0 bridgehead atoms. The van der Waals surface area contributed by atoms with E-state index in [2.05, 4.69) is 55.4 Å². The summed E-state index contributed by atoms with van der Waals surface area (Å²) < 4.78 is 33.0. The monoisotopic (exact) mass is 800 g/mol. The van der Waals surface area contributed by atoms with Crippen molar-refractivity contribution in [1.29, 1.82) is 0 Å². The molecule has 0 rings (SSSR count). The molecule has 0 saturated heterocycles. The van der Waals surface area contributed by atoms with Crippen LogP contribution < -0.4 is 5.73 Å². The number of allylic oxidation sites excluding steroid dienone is 2. The summed E-state index contributed by atoms with van der Waals surface area (Å²) in [5, 5.41) is 0. The van der Waals surface area contributed by atoms with E-state index in [1.54, 1.807) is 0 Å². The topological polar surface area (TPSA) is 134 Å². The van der Waals surface area contributed by atoms with Gasteiger partial charge in [0.1, 0.15) is 6.61 Å². The van der Waals surface area contributed by atoms with E-state index in [4.69, 9.17) is 24.3 Å². The van der Waals surface area contributed by atoms with E-state index in [0.717, 1.165) is 73.3 Å². The normalized spacial score (nSPS) is 16.5. The molecular formula is C45H86NO8P. The van der Waals surface area contributed by atoms with Crippen LogP contribution in [-0.4, -0.2) is 49.3 Å². The second kappa shape index (κ2) is 32.4. The largest absolute Gasteiger partial charge is 0.472 e. The number of hydrogen-bond acceptors (Lipinski definition) is 8. The lowest BCUT2D eigenvalue weighted by atomic mass is 9.91. The van der Waals surface area contributed by atoms with Crippen molar-refractivity contribution >= 4 is 19.8 Å². The Labute approximate surface area is 338 Å². The molecule has 0 saturated carbocycles. The lowest BCUT2D eigenvalue weighted by Crippen LogP contribution is -2.29. The third-order valence-corrected chi connectivity index (χ3v) is 11.5. The van der Waals surface area contributed by atoms with Crippen LogP contribution in [0.4, 0.5) is 0 Å². The van der Waals surface area contributed by atoms with Gasteiger partial charge in [-0.1, -0.05) is 156 Å². The zero-order valence-electron chi connectivity index (χ0n) is 37.1. The van der Waals surface area contributed by atoms with Gasteiger partial charge in [-0.05, 0) is 75.0 Å². The third kappa shape index (κ3) is 34.3. The van der Waals surface area contributed by atoms with Gasteiger partial charge in [0.15, 0.2) is 6.10 Å². The maximum Gasteiger partial charge on any atom is 0.472 e. The zero-order chi connectivity index (χ0) is 41.6. The summed E-state index contributed by atoms with van der Waals surface area (Å²) in [5.74, 6) is 3.22. The summed E-state index contributed by atoms with van der Waals surface area (Å²) in [6.07, 6.45) is 23.0. The minimum Gasteiger partial charge on any atom is -0.458 e. The molecule has 0 heterocycles. The molecular weight excluding hydrogens is 713 g/mol. The van der Waals surface area contributed by atoms with Gasteiger partial charge in [0.25, 0.3) is 0 Å². The first-order valence-corrected chi connectivity index (χ1v) is 23.4. The van der Waals surface area contributed by atoms with Crippen molar-refractivity contribution in [3.63, 3.8) is 0 Å². The Morgan fingerprint density at radius 3 is 1.36 bits per heavy atom. The number of esters is 2. The summed E-state index contributed by atoms with van der Waals surface area (Å²) in [6.45, 7) is 21.4. The van der Waals surface area contributed by atoms with Crippen LogP contribution in [0.15, 0.2) is 23.3 Å². The molecule has 3 N–H and O–H groups in total. The molecule has 0 aliphatic carbocycles. The number of rotatable bonds is 35. The van der Waals surface area contributed by atoms with E-state index >= 15 is 0 Å². The van der Waals surface area contributed by atoms with E-state index in [-0.39, 0.29) is 19.8 Å². The van der Waals surface area contributed by atoms with Crippen molar-refractivity contribution in [2.75, 3.05) is 26.4 Å². The molecule has 9 nitrogen and oxygen atoms in total. The van der Waals surface area contributed by atoms with E-state index < -0.39 is 32.5 Å². The lowest BCUT2D eigenvalue weighted by molar-refractivity contribution is -0.154. The molecule has 0 amide bonds. The molecule has 6 atom stereocenters. The van der Waals surface area contributed by atoms with Crippen molar-refractivity contribution < 1.29 is 37.6 Å². The van der Waals surface area contributed by atoms with Crippen molar-refractivity contribution in [2.24, 2.45) is 41.2 Å². The number of phosphoric acid groups is 1. The molecule has 0 spiro atoms. The summed E-state index contributed by atoms with van der Waals surface area (Å²) in [6, 6.07) is 0. The molecule has 55 heavy (non-hydrogen) atoms. The highest BCUT2D eigenvalue weighted by molar-refractivity contribution is 7.47. The third-order valence-electron chi connectivity index (χ3n) is 10.5. The van der Waals surface area contributed by atoms with Gasteiger partial charge in [-0.25, -0.2) is 14.2 Å². The van der Waals surface area contributed by atoms with Crippen LogP contribution in [0.5, 0.6) is 0 Å². The minimum absolute atomic E-state index is 0.0348. The van der Waals surface area contributed by atoms with E-state index in [1.165, 1.54) is 89.2 Å². The lowest BCUT2D eigenvalue weighted by Gasteiger charge is -2.19. The van der Waals surface area contributed by atoms with Crippen LogP contribution in [0.3, 0.4) is 0 Å². The van der Waals surface area contributed by atoms with Gasteiger partial charge in [0.05, 0.1) is 13.2 Å². The second-order valence-corrected chi connectivity index (χ2v) is 19.2. The van der Waals surface area contributed by atoms with Crippen molar-refractivity contribution in [3.05, 3.63) is 23.3 Å². The highest BCUT2D eigenvalue weighted by atomic mass is 31.2. The fraction of sp³-hybridized carbons (Fsp3) is 0.867. The summed E-state index contributed by atoms with van der Waals surface area (Å²) in [5.41, 5.74) is 7.17. The summed E-state index contributed by atoms with van der Waals surface area (Å²) in [4.78, 5) is 35.5. The van der Waals surface area contributed by atoms with Gasteiger partial charge in [0, 0.05) is 18.7 Å². The standard InChI is InChI=1S/C45H86NO8P/c1-35(2)17-11-19-37(5)21-13-23-39(7)25-15-27-41(9)31-44(47)51-33-43(34-53-55(49,50)52-30-29-46)54-45(48)32-42(10)28-16-26-40(8)24-14-22-38(6)20-12-18-36(3)4/h31-32,35-40,43H,11-30,33-34,46H2,1-10H3,(H,49,50)/b41-31+,42-32+. The highest BCUT2D eigenvalue weighted by Gasteiger charge is 2.25. The van der Waals surface area contributed by atoms with Crippen molar-refractivity contribution in [3.8, 4) is 0 Å². The Hall–Kier alpha value is -1.51. The van der Waals surface area contributed by atoms with Crippen LogP contribution >= 0.6 is 7.82 Å². The quantitative estimate of drug-likeness (QED) is 0.0365. The number of ether oxygens (including phenoxy) is 2. The maximum atomic E-state index is 12.8. The smallest absolute Gasteiger partial charge is 0.458 e. The molecule has 10 heteroatoms. The van der Waals surface area contributed by atoms with Crippen LogP contribution in [0.1, 0.15) is 185 Å². The van der Waals surface area contributed by atoms with Crippen LogP contribution in [0.2, 0.25) is 0 Å². The first-order chi connectivity index (χ1) is 25.9. The predicted molar refractivity (Wildman–Crippen MR) is 229 cm³/mol. The number of nitrogens with two attached hydrogens (primary N) is 1. The molecule has 0 fully saturated rings. The summed E-state index contributed by atoms with van der Waals surface area (Å²) >= 11 is 0. The van der Waals surface area contributed by atoms with Crippen LogP contribution in [0.25, 0.3) is 0 Å². The Balaban J connectivity index is 4.83. The maximum absolute atomic E-state index is 12.8. The number of phosphoric ester groups is 1. The van der Waals surface area contributed by atoms with Gasteiger partial charge in [-0.15, -0.1) is 0 Å². The molecule has 0 aromatic rings. The van der Waals surface area contributed by atoms with Crippen molar-refractivity contribution in [1.82, 2.24) is 0 Å². The molecule has 0 aliphatic rings. The van der Waals surface area contributed by atoms with E-state index in [9.17, 15) is 19.0 Å². The number of carbonyl (C=O) groups is 2. The van der Waals surface area contributed by atoms with Gasteiger partial charge in [-0.2, -0.15) is 0 Å². The average molecular weight is 800 g/mol. The highest BCUT2D eigenvalue weighted by Crippen LogP contribution is 2.43. The molecule has 6 unspecified atom stereocenters. The Bertz CT molecular complexity index is 1110. The van der Waals surface area contributed by atoms with Gasteiger partial charge >= 0.3 is 19.8 Å². The average Bonchev–Trinajstić information content (AvgIpc) is 3.08. The Morgan fingerprint density at radius 2 is 0.964 bits per heavy atom. The Morgan fingerprint density at radius 1 is 0.582 bits per heavy atom. The SMILES string of the molecule is C/C(=C\C(=O)OCC(COP(=O)(O)OCCN)OC(=O)/C=C(\C)CCCC(C)CCCC(C)CCCC(C)C)CCCC(C)CCCC(C)CCCC(C)C. The molecule has 0 aromatic carbocycles. The Kier molecular flexibility index (Phi) is 31.6. The molecule has 0 aliphatic heterocycles. The fourth-order valence-electron chi connectivity index (χ4n) is 6.88. The number of hydrogen-bond donors (Lipinski definition) is 2. The van der Waals surface area contributed by atoms with E-state index in [0.29, 0.717) is 11.8 Å². The first-order valence-electron chi connectivity index (χ1n) is 22.0. The molecule has 0 radical (unpaired) electrons. The predicted octanol–water partition coefficient (Wildman–Crippen LogP) is 12.3.